The van der Waals surface area contributed by atoms with Gasteiger partial charge in [0.1, 0.15) is 11.3 Å². The SMILES string of the molecule is CCn1ncc(OC)c1C(C)(O)c1cc(C)ccc1C. The van der Waals surface area contributed by atoms with E-state index in [1.807, 2.05) is 39.0 Å². The van der Waals surface area contributed by atoms with Crippen LogP contribution in [0.2, 0.25) is 0 Å². The van der Waals surface area contributed by atoms with Gasteiger partial charge < -0.3 is 9.84 Å². The molecule has 1 aromatic carbocycles. The molecule has 0 saturated carbocycles. The summed E-state index contributed by atoms with van der Waals surface area (Å²) in [6.45, 7) is 8.49. The summed E-state index contributed by atoms with van der Waals surface area (Å²) in [4.78, 5) is 0. The monoisotopic (exact) mass is 274 g/mol. The Labute approximate surface area is 120 Å². The first-order valence-corrected chi connectivity index (χ1v) is 6.82. The normalized spacial score (nSPS) is 14.1. The molecule has 2 rings (SSSR count). The molecule has 4 nitrogen and oxygen atoms in total. The fraction of sp³-hybridized carbons (Fsp3) is 0.438. The minimum atomic E-state index is -1.14. The second-order valence-electron chi connectivity index (χ2n) is 5.27. The molecule has 108 valence electrons. The molecule has 1 N–H and O–H groups in total. The number of aromatic nitrogens is 2. The Balaban J connectivity index is 2.65. The average molecular weight is 274 g/mol. The van der Waals surface area contributed by atoms with Gasteiger partial charge in [-0.15, -0.1) is 0 Å². The van der Waals surface area contributed by atoms with Crippen LogP contribution >= 0.6 is 0 Å². The summed E-state index contributed by atoms with van der Waals surface area (Å²) in [5, 5.41) is 15.4. The van der Waals surface area contributed by atoms with E-state index in [2.05, 4.69) is 5.10 Å². The van der Waals surface area contributed by atoms with E-state index in [4.69, 9.17) is 4.74 Å². The molecule has 0 saturated heterocycles. The lowest BCUT2D eigenvalue weighted by Crippen LogP contribution is -2.28. The summed E-state index contributed by atoms with van der Waals surface area (Å²) in [6.07, 6.45) is 1.65. The van der Waals surface area contributed by atoms with Crippen molar-refractivity contribution in [2.75, 3.05) is 7.11 Å². The smallest absolute Gasteiger partial charge is 0.163 e. The average Bonchev–Trinajstić information content (AvgIpc) is 2.85. The largest absolute Gasteiger partial charge is 0.493 e. The number of rotatable bonds is 4. The highest BCUT2D eigenvalue weighted by atomic mass is 16.5. The Hall–Kier alpha value is -1.81. The molecule has 0 radical (unpaired) electrons. The van der Waals surface area contributed by atoms with E-state index in [-0.39, 0.29) is 0 Å². The third-order valence-corrected chi connectivity index (χ3v) is 3.70. The van der Waals surface area contributed by atoms with Crippen molar-refractivity contribution in [3.05, 3.63) is 46.8 Å². The zero-order valence-electron chi connectivity index (χ0n) is 12.8. The lowest BCUT2D eigenvalue weighted by atomic mass is 9.87. The molecule has 0 aliphatic rings. The lowest BCUT2D eigenvalue weighted by molar-refractivity contribution is 0.0878. The van der Waals surface area contributed by atoms with Crippen LogP contribution < -0.4 is 4.74 Å². The minimum absolute atomic E-state index is 0.609. The van der Waals surface area contributed by atoms with Gasteiger partial charge in [-0.05, 0) is 38.8 Å². The van der Waals surface area contributed by atoms with Gasteiger partial charge in [-0.25, -0.2) is 0 Å². The zero-order valence-corrected chi connectivity index (χ0v) is 12.8. The Morgan fingerprint density at radius 1 is 1.35 bits per heavy atom. The van der Waals surface area contributed by atoms with E-state index in [0.29, 0.717) is 18.0 Å². The van der Waals surface area contributed by atoms with Crippen molar-refractivity contribution in [3.63, 3.8) is 0 Å². The summed E-state index contributed by atoms with van der Waals surface area (Å²) in [5.74, 6) is 0.609. The number of methoxy groups -OCH3 is 1. The molecule has 2 aromatic rings. The van der Waals surface area contributed by atoms with Crippen molar-refractivity contribution >= 4 is 0 Å². The summed E-state index contributed by atoms with van der Waals surface area (Å²) in [7, 11) is 1.60. The molecular weight excluding hydrogens is 252 g/mol. The van der Waals surface area contributed by atoms with Crippen molar-refractivity contribution in [1.29, 1.82) is 0 Å². The van der Waals surface area contributed by atoms with Gasteiger partial charge in [-0.1, -0.05) is 23.8 Å². The van der Waals surface area contributed by atoms with Gasteiger partial charge >= 0.3 is 0 Å². The third-order valence-electron chi connectivity index (χ3n) is 3.70. The van der Waals surface area contributed by atoms with Crippen LogP contribution in [0.15, 0.2) is 24.4 Å². The maximum atomic E-state index is 11.1. The van der Waals surface area contributed by atoms with Gasteiger partial charge in [-0.2, -0.15) is 5.10 Å². The summed E-state index contributed by atoms with van der Waals surface area (Å²) >= 11 is 0. The predicted molar refractivity (Wildman–Crippen MR) is 79.0 cm³/mol. The van der Waals surface area contributed by atoms with Crippen LogP contribution in [0.4, 0.5) is 0 Å². The van der Waals surface area contributed by atoms with Crippen molar-refractivity contribution in [1.82, 2.24) is 9.78 Å². The Morgan fingerprint density at radius 3 is 2.65 bits per heavy atom. The predicted octanol–water partition coefficient (Wildman–Crippen LogP) is 2.78. The Morgan fingerprint density at radius 2 is 2.05 bits per heavy atom. The van der Waals surface area contributed by atoms with Crippen LogP contribution in [0.1, 0.15) is 36.2 Å². The molecule has 1 atom stereocenters. The van der Waals surface area contributed by atoms with E-state index in [1.54, 1.807) is 24.9 Å². The van der Waals surface area contributed by atoms with E-state index < -0.39 is 5.60 Å². The number of ether oxygens (including phenoxy) is 1. The molecule has 1 heterocycles. The summed E-state index contributed by atoms with van der Waals surface area (Å²) in [6, 6.07) is 6.09. The maximum Gasteiger partial charge on any atom is 0.163 e. The standard InChI is InChI=1S/C16H22N2O2/c1-6-18-15(14(20-5)10-17-18)16(4,19)13-9-11(2)7-8-12(13)3/h7-10,19H,6H2,1-5H3. The lowest BCUT2D eigenvalue weighted by Gasteiger charge is -2.27. The van der Waals surface area contributed by atoms with Gasteiger partial charge in [0, 0.05) is 6.54 Å². The fourth-order valence-electron chi connectivity index (χ4n) is 2.64. The maximum absolute atomic E-state index is 11.1. The molecule has 1 unspecified atom stereocenters. The number of aliphatic hydroxyl groups is 1. The molecule has 0 amide bonds. The number of hydrogen-bond acceptors (Lipinski definition) is 3. The highest BCUT2D eigenvalue weighted by molar-refractivity contribution is 5.44. The quantitative estimate of drug-likeness (QED) is 0.932. The van der Waals surface area contributed by atoms with Crippen molar-refractivity contribution in [3.8, 4) is 5.75 Å². The van der Waals surface area contributed by atoms with Gasteiger partial charge in [0.2, 0.25) is 0 Å². The molecular formula is C16H22N2O2. The number of aryl methyl sites for hydroxylation is 3. The first-order chi connectivity index (χ1) is 9.41. The Kier molecular flexibility index (Phi) is 3.86. The first-order valence-electron chi connectivity index (χ1n) is 6.82. The number of benzene rings is 1. The summed E-state index contributed by atoms with van der Waals surface area (Å²) in [5.41, 5.74) is 2.59. The number of hydrogen-bond donors (Lipinski definition) is 1. The van der Waals surface area contributed by atoms with E-state index >= 15 is 0 Å². The van der Waals surface area contributed by atoms with E-state index in [9.17, 15) is 5.11 Å². The molecule has 20 heavy (non-hydrogen) atoms. The van der Waals surface area contributed by atoms with Crippen LogP contribution in [0.25, 0.3) is 0 Å². The van der Waals surface area contributed by atoms with Crippen LogP contribution in [-0.4, -0.2) is 22.0 Å². The third kappa shape index (κ3) is 2.31. The molecule has 4 heteroatoms. The molecule has 0 aliphatic heterocycles. The van der Waals surface area contributed by atoms with Gasteiger partial charge in [0.25, 0.3) is 0 Å². The summed E-state index contributed by atoms with van der Waals surface area (Å²) < 4.78 is 7.14. The highest BCUT2D eigenvalue weighted by Gasteiger charge is 2.34. The van der Waals surface area contributed by atoms with Crippen LogP contribution in [0.3, 0.4) is 0 Å². The zero-order chi connectivity index (χ0) is 14.9. The molecule has 0 fully saturated rings. The fourth-order valence-corrected chi connectivity index (χ4v) is 2.64. The molecule has 1 aromatic heterocycles. The first kappa shape index (κ1) is 14.6. The van der Waals surface area contributed by atoms with E-state index in [0.717, 1.165) is 16.7 Å². The topological polar surface area (TPSA) is 47.3 Å². The van der Waals surface area contributed by atoms with Crippen molar-refractivity contribution in [2.24, 2.45) is 0 Å². The molecule has 0 aliphatic carbocycles. The van der Waals surface area contributed by atoms with Crippen LogP contribution in [-0.2, 0) is 12.1 Å². The van der Waals surface area contributed by atoms with Crippen LogP contribution in [0.5, 0.6) is 5.75 Å². The van der Waals surface area contributed by atoms with Crippen molar-refractivity contribution in [2.45, 2.75) is 39.8 Å². The Bertz CT molecular complexity index is 593. The van der Waals surface area contributed by atoms with Crippen LogP contribution in [0, 0.1) is 13.8 Å². The minimum Gasteiger partial charge on any atom is -0.493 e. The molecule has 0 bridgehead atoms. The van der Waals surface area contributed by atoms with E-state index in [1.165, 1.54) is 0 Å². The number of nitrogens with zero attached hydrogens (tertiary/aromatic N) is 2. The van der Waals surface area contributed by atoms with Gasteiger partial charge in [-0.3, -0.25) is 4.68 Å². The highest BCUT2D eigenvalue weighted by Crippen LogP contribution is 2.37. The molecule has 0 spiro atoms. The van der Waals surface area contributed by atoms with Gasteiger partial charge in [0.15, 0.2) is 5.75 Å². The second-order valence-corrected chi connectivity index (χ2v) is 5.27. The van der Waals surface area contributed by atoms with Crippen molar-refractivity contribution < 1.29 is 9.84 Å². The van der Waals surface area contributed by atoms with Gasteiger partial charge in [0.05, 0.1) is 13.3 Å². The second kappa shape index (κ2) is 5.29.